The fourth-order valence-electron chi connectivity index (χ4n) is 16.5. The van der Waals surface area contributed by atoms with Crippen LogP contribution >= 0.6 is 0 Å². The van der Waals surface area contributed by atoms with Crippen LogP contribution in [0.15, 0.2) is 0 Å². The van der Waals surface area contributed by atoms with Crippen molar-refractivity contribution in [1.82, 2.24) is 4.90 Å². The maximum absolute atomic E-state index is 11.5. The Bertz CT molecular complexity index is 1810. The highest BCUT2D eigenvalue weighted by molar-refractivity contribution is 5.17. The molecule has 0 unspecified atom stereocenters. The molecule has 6 saturated heterocycles. The van der Waals surface area contributed by atoms with E-state index in [-0.39, 0.29) is 11.5 Å². The predicted molar refractivity (Wildman–Crippen MR) is 243 cm³/mol. The maximum Gasteiger partial charge on any atom is 0.187 e. The van der Waals surface area contributed by atoms with Crippen LogP contribution in [0.25, 0.3) is 0 Å². The third kappa shape index (κ3) is 9.30. The fourth-order valence-corrected chi connectivity index (χ4v) is 16.5. The first-order chi connectivity index (χ1) is 33.8. The van der Waals surface area contributed by atoms with Gasteiger partial charge in [0.15, 0.2) is 25.2 Å². The summed E-state index contributed by atoms with van der Waals surface area (Å²) in [5.74, 6) is 4.74. The average molecular weight is 1020 g/mol. The third-order valence-electron chi connectivity index (χ3n) is 20.3. The van der Waals surface area contributed by atoms with Gasteiger partial charge in [-0.3, -0.25) is 4.90 Å². The summed E-state index contributed by atoms with van der Waals surface area (Å²) < 4.78 is 47.8. The van der Waals surface area contributed by atoms with E-state index in [9.17, 15) is 61.3 Å². The number of ether oxygens (including phenoxy) is 8. The molecule has 0 aromatic heterocycles. The second-order valence-corrected chi connectivity index (χ2v) is 24.1. The van der Waals surface area contributed by atoms with Crippen LogP contribution in [0.3, 0.4) is 0 Å². The highest BCUT2D eigenvalue weighted by Crippen LogP contribution is 2.71. The molecular formula is C50H83NO20. The minimum atomic E-state index is -1.96. The normalized spacial score (nSPS) is 57.5. The zero-order valence-corrected chi connectivity index (χ0v) is 41.4. The average Bonchev–Trinajstić information content (AvgIpc) is 3.82. The minimum absolute atomic E-state index is 0.145. The van der Waals surface area contributed by atoms with E-state index in [1.165, 1.54) is 45.1 Å². The van der Waals surface area contributed by atoms with Gasteiger partial charge in [-0.05, 0) is 116 Å². The van der Waals surface area contributed by atoms with Crippen molar-refractivity contribution < 1.29 is 99.2 Å². The SMILES string of the molecule is C[C@H]1CC[C@H]2[C@@H](C)[C@H]3[C@H](C[C@@H]4[C@@H]5CC[C@H]6C[C@@H](O[C@@H]7O[C@H](CO[C@@H]8O[C@H](CO)[C@@H](O)[C@H](O[C@@H]9OC[C@@H](O)[C@H](O)[C@H]9O)[C@H]8O[C@@H]8O[C@H](CO)[C@@H](O)[C@H](O)[C@H]8O)[C@@H](O)[C@H](O)[C@H]7O)CC[C@]6(C)[C@H]5CC[C@]34C)N2C1. The number of aliphatic hydroxyl groups excluding tert-OH is 12. The van der Waals surface area contributed by atoms with Crippen LogP contribution in [0.1, 0.15) is 91.9 Å². The van der Waals surface area contributed by atoms with E-state index in [1.54, 1.807) is 0 Å². The topological polar surface area (TPSA) is 320 Å². The summed E-state index contributed by atoms with van der Waals surface area (Å²) in [5.41, 5.74) is 0.517. The monoisotopic (exact) mass is 1020 g/mol. The lowest BCUT2D eigenvalue weighted by atomic mass is 9.44. The zero-order valence-electron chi connectivity index (χ0n) is 41.4. The van der Waals surface area contributed by atoms with E-state index < -0.39 is 143 Å². The molecule has 0 aromatic rings. The molecule has 10 aliphatic rings. The van der Waals surface area contributed by atoms with Crippen LogP contribution in [0.5, 0.6) is 0 Å². The Morgan fingerprint density at radius 3 is 1.89 bits per heavy atom. The standard InChI is InChI=1S/C50H83NO20/c1-20-5-8-27-21(2)33-28(51(27)15-20)14-26-24-7-6-22-13-23(9-11-49(22,3)25(24)10-12-50(26,33)4)66-46-41(62)39(60)36(57)32(69-46)19-65-48-44(71-47-42(63)38(59)35(56)30(16-52)67-47)43(37(58)31(17-53)68-48)70-45-40(61)34(55)29(54)18-64-45/h20-48,52-63H,5-19H2,1-4H3/t20-,21+,22-,23-,24+,25-,26+,27-,28-,29+,30+,31+,32+,33-,34-,35+,36+,37+,38-,39-,40+,41+,42+,43-,44+,45-,46+,47-,48+,49-,50-/m0/s1. The molecule has 6 heterocycles. The first-order valence-corrected chi connectivity index (χ1v) is 26.7. The van der Waals surface area contributed by atoms with Gasteiger partial charge >= 0.3 is 0 Å². The number of piperidine rings is 1. The van der Waals surface area contributed by atoms with Gasteiger partial charge in [0.05, 0.1) is 32.5 Å². The molecule has 0 radical (unpaired) electrons. The van der Waals surface area contributed by atoms with E-state index in [2.05, 4.69) is 32.6 Å². The van der Waals surface area contributed by atoms with Gasteiger partial charge in [0.1, 0.15) is 91.6 Å². The first-order valence-electron chi connectivity index (χ1n) is 26.7. The minimum Gasteiger partial charge on any atom is -0.394 e. The van der Waals surface area contributed by atoms with Crippen molar-refractivity contribution in [1.29, 1.82) is 0 Å². The lowest BCUT2D eigenvalue weighted by Crippen LogP contribution is -2.67. The van der Waals surface area contributed by atoms with E-state index in [1.807, 2.05) is 0 Å². The molecular weight excluding hydrogens is 935 g/mol. The van der Waals surface area contributed by atoms with Crippen molar-refractivity contribution in [3.05, 3.63) is 0 Å². The summed E-state index contributed by atoms with van der Waals surface area (Å²) in [6.07, 6.45) is -21.0. The van der Waals surface area contributed by atoms with Gasteiger partial charge in [0.2, 0.25) is 0 Å². The van der Waals surface area contributed by atoms with Crippen LogP contribution in [0.4, 0.5) is 0 Å². The van der Waals surface area contributed by atoms with Crippen molar-refractivity contribution in [3.8, 4) is 0 Å². The Morgan fingerprint density at radius 1 is 0.549 bits per heavy atom. The van der Waals surface area contributed by atoms with Gasteiger partial charge in [0, 0.05) is 18.6 Å². The number of rotatable bonds is 11. The molecule has 0 aromatic carbocycles. The molecule has 408 valence electrons. The van der Waals surface area contributed by atoms with Crippen molar-refractivity contribution in [2.24, 2.45) is 52.3 Å². The quantitative estimate of drug-likeness (QED) is 0.0966. The summed E-state index contributed by atoms with van der Waals surface area (Å²) in [4.78, 5) is 2.94. The lowest BCUT2D eigenvalue weighted by molar-refractivity contribution is -0.391. The van der Waals surface area contributed by atoms with Gasteiger partial charge in [-0.2, -0.15) is 0 Å². The number of nitrogens with zero attached hydrogens (tertiary/aromatic N) is 1. The molecule has 21 heteroatoms. The Morgan fingerprint density at radius 2 is 1.17 bits per heavy atom. The first kappa shape index (κ1) is 53.6. The predicted octanol–water partition coefficient (Wildman–Crippen LogP) is -2.33. The number of hydrogen-bond donors (Lipinski definition) is 12. The molecule has 10 rings (SSSR count). The molecule has 21 nitrogen and oxygen atoms in total. The maximum atomic E-state index is 11.5. The molecule has 12 N–H and O–H groups in total. The molecule has 6 aliphatic heterocycles. The fraction of sp³-hybridized carbons (Fsp3) is 1.00. The van der Waals surface area contributed by atoms with Gasteiger partial charge < -0.3 is 99.2 Å². The van der Waals surface area contributed by atoms with Crippen LogP contribution in [0, 0.1) is 52.3 Å². The van der Waals surface area contributed by atoms with E-state index in [4.69, 9.17) is 37.9 Å². The largest absolute Gasteiger partial charge is 0.394 e. The summed E-state index contributed by atoms with van der Waals surface area (Å²) in [7, 11) is 0. The van der Waals surface area contributed by atoms with Crippen molar-refractivity contribution >= 4 is 0 Å². The number of hydrogen-bond acceptors (Lipinski definition) is 21. The Kier molecular flexibility index (Phi) is 15.7. The van der Waals surface area contributed by atoms with Crippen molar-refractivity contribution in [2.75, 3.05) is 33.0 Å². The van der Waals surface area contributed by atoms with Gasteiger partial charge in [-0.25, -0.2) is 0 Å². The van der Waals surface area contributed by atoms with E-state index >= 15 is 0 Å². The molecule has 0 amide bonds. The Labute approximate surface area is 415 Å². The summed E-state index contributed by atoms with van der Waals surface area (Å²) in [5, 5.41) is 129. The van der Waals surface area contributed by atoms with E-state index in [0.29, 0.717) is 29.2 Å². The molecule has 71 heavy (non-hydrogen) atoms. The highest BCUT2D eigenvalue weighted by Gasteiger charge is 2.67. The van der Waals surface area contributed by atoms with Crippen molar-refractivity contribution in [3.63, 3.8) is 0 Å². The zero-order chi connectivity index (χ0) is 50.6. The molecule has 0 spiro atoms. The van der Waals surface area contributed by atoms with Gasteiger partial charge in [-0.1, -0.05) is 27.7 Å². The smallest absolute Gasteiger partial charge is 0.187 e. The summed E-state index contributed by atoms with van der Waals surface area (Å²) in [6, 6.07) is 1.44. The number of fused-ring (bicyclic) bond motifs is 9. The number of aliphatic hydroxyl groups is 12. The van der Waals surface area contributed by atoms with Gasteiger partial charge in [-0.15, -0.1) is 0 Å². The summed E-state index contributed by atoms with van der Waals surface area (Å²) in [6.45, 7) is 8.66. The molecule has 0 bridgehead atoms. The second-order valence-electron chi connectivity index (χ2n) is 24.1. The molecule has 4 saturated carbocycles. The third-order valence-corrected chi connectivity index (χ3v) is 20.3. The van der Waals surface area contributed by atoms with Gasteiger partial charge in [0.25, 0.3) is 0 Å². The van der Waals surface area contributed by atoms with Crippen LogP contribution in [-0.4, -0.2) is 234 Å². The molecule has 4 aliphatic carbocycles. The summed E-state index contributed by atoms with van der Waals surface area (Å²) >= 11 is 0. The second kappa shape index (κ2) is 20.8. The van der Waals surface area contributed by atoms with E-state index in [0.717, 1.165) is 55.4 Å². The molecule has 31 atom stereocenters. The van der Waals surface area contributed by atoms with Crippen LogP contribution in [-0.2, 0) is 37.9 Å². The highest BCUT2D eigenvalue weighted by atomic mass is 16.8. The molecule has 10 fully saturated rings. The van der Waals surface area contributed by atoms with Crippen molar-refractivity contribution in [2.45, 2.75) is 227 Å². The Balaban J connectivity index is 0.811. The Hall–Kier alpha value is -0.840. The lowest BCUT2D eigenvalue weighted by Gasteiger charge is -2.61. The van der Waals surface area contributed by atoms with Crippen LogP contribution in [0.2, 0.25) is 0 Å². The van der Waals surface area contributed by atoms with Crippen LogP contribution < -0.4 is 0 Å².